The van der Waals surface area contributed by atoms with Crippen molar-refractivity contribution in [1.82, 2.24) is 5.32 Å². The lowest BCUT2D eigenvalue weighted by Crippen LogP contribution is -2.23. The van der Waals surface area contributed by atoms with Gasteiger partial charge < -0.3 is 14.8 Å². The summed E-state index contributed by atoms with van der Waals surface area (Å²) in [6.45, 7) is 3.78. The van der Waals surface area contributed by atoms with E-state index in [4.69, 9.17) is 9.47 Å². The molecule has 4 nitrogen and oxygen atoms in total. The Morgan fingerprint density at radius 3 is 2.33 bits per heavy atom. The van der Waals surface area contributed by atoms with Crippen molar-refractivity contribution in [2.45, 2.75) is 19.1 Å². The summed E-state index contributed by atoms with van der Waals surface area (Å²) in [4.78, 5) is 12.5. The van der Waals surface area contributed by atoms with E-state index < -0.39 is 11.7 Å². The molecule has 144 valence electrons. The van der Waals surface area contributed by atoms with Gasteiger partial charge in [0.05, 0.1) is 19.8 Å². The van der Waals surface area contributed by atoms with Gasteiger partial charge in [-0.1, -0.05) is 18.2 Å². The van der Waals surface area contributed by atoms with Gasteiger partial charge in [0.1, 0.15) is 0 Å². The number of benzene rings is 2. The number of nitrogens with one attached hydrogen (secondary N) is 1. The standard InChI is InChI=1S/C20H20F3NO3/c1-4-5-14-10-15(11-17(26-2)18(14)27-3)19(25)24-12-13-6-8-16(9-7-13)20(21,22)23/h4,6-11H,1,5,12H2,2-3H3,(H,24,25). The van der Waals surface area contributed by atoms with E-state index >= 15 is 0 Å². The summed E-state index contributed by atoms with van der Waals surface area (Å²) in [7, 11) is 2.98. The molecule has 0 saturated carbocycles. The Morgan fingerprint density at radius 2 is 1.81 bits per heavy atom. The van der Waals surface area contributed by atoms with Gasteiger partial charge in [0.2, 0.25) is 0 Å². The maximum Gasteiger partial charge on any atom is 0.416 e. The maximum absolute atomic E-state index is 12.6. The van der Waals surface area contributed by atoms with E-state index in [0.29, 0.717) is 29.0 Å². The van der Waals surface area contributed by atoms with Crippen LogP contribution >= 0.6 is 0 Å². The van der Waals surface area contributed by atoms with Crippen LogP contribution in [0, 0.1) is 0 Å². The van der Waals surface area contributed by atoms with E-state index in [1.54, 1.807) is 18.2 Å². The van der Waals surface area contributed by atoms with Crippen LogP contribution < -0.4 is 14.8 Å². The third-order valence-electron chi connectivity index (χ3n) is 3.92. The Labute approximate surface area is 155 Å². The highest BCUT2D eigenvalue weighted by molar-refractivity contribution is 5.95. The van der Waals surface area contributed by atoms with Crippen LogP contribution in [0.5, 0.6) is 11.5 Å². The van der Waals surface area contributed by atoms with E-state index in [1.807, 2.05) is 0 Å². The van der Waals surface area contributed by atoms with Gasteiger partial charge in [-0.3, -0.25) is 4.79 Å². The highest BCUT2D eigenvalue weighted by atomic mass is 19.4. The van der Waals surface area contributed by atoms with Crippen LogP contribution in [0.2, 0.25) is 0 Å². The van der Waals surface area contributed by atoms with E-state index in [0.717, 1.165) is 17.7 Å². The fourth-order valence-corrected chi connectivity index (χ4v) is 2.58. The van der Waals surface area contributed by atoms with E-state index in [2.05, 4.69) is 11.9 Å². The fourth-order valence-electron chi connectivity index (χ4n) is 2.58. The van der Waals surface area contributed by atoms with Gasteiger partial charge in [0.15, 0.2) is 11.5 Å². The lowest BCUT2D eigenvalue weighted by molar-refractivity contribution is -0.137. The predicted molar refractivity (Wildman–Crippen MR) is 96.1 cm³/mol. The summed E-state index contributed by atoms with van der Waals surface area (Å²) in [5.41, 5.74) is 0.928. The second-order valence-electron chi connectivity index (χ2n) is 5.74. The number of allylic oxidation sites excluding steroid dienone is 1. The molecule has 2 aromatic rings. The smallest absolute Gasteiger partial charge is 0.416 e. The van der Waals surface area contributed by atoms with Gasteiger partial charge in [-0.05, 0) is 36.2 Å². The number of rotatable bonds is 7. The molecule has 0 fully saturated rings. The molecule has 0 aliphatic heterocycles. The first-order chi connectivity index (χ1) is 12.8. The molecule has 2 rings (SSSR count). The summed E-state index contributed by atoms with van der Waals surface area (Å²) in [6.07, 6.45) is -2.22. The van der Waals surface area contributed by atoms with Crippen molar-refractivity contribution in [3.63, 3.8) is 0 Å². The second kappa shape index (κ2) is 8.62. The Morgan fingerprint density at radius 1 is 1.15 bits per heavy atom. The molecule has 0 saturated heterocycles. The molecule has 0 atom stereocenters. The summed E-state index contributed by atoms with van der Waals surface area (Å²) < 4.78 is 48.4. The molecule has 0 radical (unpaired) electrons. The number of halogens is 3. The van der Waals surface area contributed by atoms with Crippen molar-refractivity contribution in [1.29, 1.82) is 0 Å². The van der Waals surface area contributed by atoms with Gasteiger partial charge in [-0.25, -0.2) is 0 Å². The van der Waals surface area contributed by atoms with Gasteiger partial charge >= 0.3 is 6.18 Å². The highest BCUT2D eigenvalue weighted by Crippen LogP contribution is 2.33. The minimum Gasteiger partial charge on any atom is -0.493 e. The second-order valence-corrected chi connectivity index (χ2v) is 5.74. The molecule has 0 spiro atoms. The number of hydrogen-bond donors (Lipinski definition) is 1. The van der Waals surface area contributed by atoms with Crippen LogP contribution in [-0.4, -0.2) is 20.1 Å². The van der Waals surface area contributed by atoms with Crippen molar-refractivity contribution < 1.29 is 27.4 Å². The molecule has 0 unspecified atom stereocenters. The Hall–Kier alpha value is -2.96. The van der Waals surface area contributed by atoms with E-state index in [9.17, 15) is 18.0 Å². The number of amides is 1. The number of carbonyl (C=O) groups is 1. The summed E-state index contributed by atoms with van der Waals surface area (Å²) >= 11 is 0. The molecular formula is C20H20F3NO3. The third-order valence-corrected chi connectivity index (χ3v) is 3.92. The lowest BCUT2D eigenvalue weighted by atomic mass is 10.0. The number of hydrogen-bond acceptors (Lipinski definition) is 3. The van der Waals surface area contributed by atoms with Gasteiger partial charge in [0, 0.05) is 17.7 Å². The molecular weight excluding hydrogens is 359 g/mol. The van der Waals surface area contributed by atoms with Crippen molar-refractivity contribution >= 4 is 5.91 Å². The fraction of sp³-hybridized carbons (Fsp3) is 0.250. The number of methoxy groups -OCH3 is 2. The number of ether oxygens (including phenoxy) is 2. The summed E-state index contributed by atoms with van der Waals surface area (Å²) in [5, 5.41) is 2.69. The predicted octanol–water partition coefficient (Wildman–Crippen LogP) is 4.38. The Kier molecular flexibility index (Phi) is 6.50. The zero-order valence-electron chi connectivity index (χ0n) is 15.0. The number of alkyl halides is 3. The van der Waals surface area contributed by atoms with Crippen LogP contribution in [-0.2, 0) is 19.1 Å². The molecule has 0 aliphatic carbocycles. The van der Waals surface area contributed by atoms with Crippen molar-refractivity contribution in [2.75, 3.05) is 14.2 Å². The molecule has 1 amide bonds. The quantitative estimate of drug-likeness (QED) is 0.727. The Bertz CT molecular complexity index is 814. The van der Waals surface area contributed by atoms with Crippen molar-refractivity contribution in [3.8, 4) is 11.5 Å². The number of carbonyl (C=O) groups excluding carboxylic acids is 1. The first-order valence-corrected chi connectivity index (χ1v) is 8.10. The molecule has 0 aromatic heterocycles. The average molecular weight is 379 g/mol. The average Bonchev–Trinajstić information content (AvgIpc) is 2.65. The molecule has 0 aliphatic rings. The molecule has 0 bridgehead atoms. The van der Waals surface area contributed by atoms with Crippen LogP contribution in [0.4, 0.5) is 13.2 Å². The zero-order valence-corrected chi connectivity index (χ0v) is 15.0. The topological polar surface area (TPSA) is 47.6 Å². The zero-order chi connectivity index (χ0) is 20.0. The van der Waals surface area contributed by atoms with Gasteiger partial charge in [-0.15, -0.1) is 6.58 Å². The van der Waals surface area contributed by atoms with Gasteiger partial charge in [0.25, 0.3) is 5.91 Å². The van der Waals surface area contributed by atoms with Crippen LogP contribution in [0.3, 0.4) is 0 Å². The van der Waals surface area contributed by atoms with Crippen LogP contribution in [0.1, 0.15) is 27.0 Å². The first kappa shape index (κ1) is 20.4. The Balaban J connectivity index is 2.15. The lowest BCUT2D eigenvalue weighted by Gasteiger charge is -2.14. The molecule has 0 heterocycles. The monoisotopic (exact) mass is 379 g/mol. The highest BCUT2D eigenvalue weighted by Gasteiger charge is 2.29. The molecule has 27 heavy (non-hydrogen) atoms. The minimum atomic E-state index is -4.39. The molecule has 7 heteroatoms. The van der Waals surface area contributed by atoms with Crippen LogP contribution in [0.25, 0.3) is 0 Å². The normalized spacial score (nSPS) is 11.0. The first-order valence-electron chi connectivity index (χ1n) is 8.10. The molecule has 1 N–H and O–H groups in total. The largest absolute Gasteiger partial charge is 0.493 e. The van der Waals surface area contributed by atoms with Crippen molar-refractivity contribution in [2.24, 2.45) is 0 Å². The van der Waals surface area contributed by atoms with Gasteiger partial charge in [-0.2, -0.15) is 13.2 Å². The van der Waals surface area contributed by atoms with E-state index in [1.165, 1.54) is 26.4 Å². The van der Waals surface area contributed by atoms with Crippen LogP contribution in [0.15, 0.2) is 49.1 Å². The molecule has 2 aromatic carbocycles. The SMILES string of the molecule is C=CCc1cc(C(=O)NCc2ccc(C(F)(F)F)cc2)cc(OC)c1OC. The summed E-state index contributed by atoms with van der Waals surface area (Å²) in [6, 6.07) is 7.86. The van der Waals surface area contributed by atoms with E-state index in [-0.39, 0.29) is 12.5 Å². The third kappa shape index (κ3) is 5.03. The van der Waals surface area contributed by atoms with Crippen molar-refractivity contribution in [3.05, 3.63) is 71.3 Å². The minimum absolute atomic E-state index is 0.0993. The summed E-state index contributed by atoms with van der Waals surface area (Å²) in [5.74, 6) is 0.564. The maximum atomic E-state index is 12.6.